The van der Waals surface area contributed by atoms with Crippen molar-refractivity contribution >= 4 is 22.7 Å². The van der Waals surface area contributed by atoms with Gasteiger partial charge in [-0.1, -0.05) is 30.3 Å². The number of aromatic nitrogens is 4. The van der Waals surface area contributed by atoms with Gasteiger partial charge in [-0.05, 0) is 62.2 Å². The summed E-state index contributed by atoms with van der Waals surface area (Å²) >= 11 is 0. The van der Waals surface area contributed by atoms with Gasteiger partial charge in [0.15, 0.2) is 0 Å². The highest BCUT2D eigenvalue weighted by molar-refractivity contribution is 5.81. The van der Waals surface area contributed by atoms with E-state index >= 15 is 0 Å². The van der Waals surface area contributed by atoms with E-state index < -0.39 is 0 Å². The zero-order chi connectivity index (χ0) is 21.0. The van der Waals surface area contributed by atoms with Gasteiger partial charge in [-0.2, -0.15) is 4.98 Å². The van der Waals surface area contributed by atoms with E-state index in [1.165, 1.54) is 12.0 Å². The van der Waals surface area contributed by atoms with Gasteiger partial charge < -0.3 is 16.0 Å². The Morgan fingerprint density at radius 1 is 1.13 bits per heavy atom. The van der Waals surface area contributed by atoms with Gasteiger partial charge in [0.2, 0.25) is 5.95 Å². The molecule has 1 fully saturated rings. The van der Waals surface area contributed by atoms with Crippen LogP contribution >= 0.6 is 0 Å². The lowest BCUT2D eigenvalue weighted by atomic mass is 10.1. The fraction of sp³-hybridized carbons (Fsp3) is 0.292. The molecule has 0 saturated carbocycles. The van der Waals surface area contributed by atoms with Crippen molar-refractivity contribution in [2.45, 2.75) is 19.4 Å². The molecule has 1 aliphatic heterocycles. The summed E-state index contributed by atoms with van der Waals surface area (Å²) in [5, 5.41) is 10.4. The summed E-state index contributed by atoms with van der Waals surface area (Å²) in [5.41, 5.74) is 4.26. The summed E-state index contributed by atoms with van der Waals surface area (Å²) in [7, 11) is 0. The van der Waals surface area contributed by atoms with Gasteiger partial charge in [0.1, 0.15) is 12.1 Å². The molecule has 2 aromatic carbocycles. The minimum atomic E-state index is 0.111. The lowest BCUT2D eigenvalue weighted by molar-refractivity contribution is 0.615. The van der Waals surface area contributed by atoms with Crippen LogP contribution in [0.5, 0.6) is 0 Å². The Bertz CT molecular complexity index is 1150. The Morgan fingerprint density at radius 3 is 2.87 bits per heavy atom. The molecule has 2 atom stereocenters. The van der Waals surface area contributed by atoms with Gasteiger partial charge in [-0.3, -0.25) is 4.57 Å². The van der Waals surface area contributed by atoms with Gasteiger partial charge >= 0.3 is 0 Å². The predicted octanol–water partition coefficient (Wildman–Crippen LogP) is 4.01. The van der Waals surface area contributed by atoms with Crippen LogP contribution < -0.4 is 16.0 Å². The molecule has 1 unspecified atom stereocenters. The molecule has 0 amide bonds. The van der Waals surface area contributed by atoms with Crippen molar-refractivity contribution < 1.29 is 0 Å². The first-order chi connectivity index (χ1) is 15.3. The molecule has 2 aromatic heterocycles. The molecule has 0 bridgehead atoms. The van der Waals surface area contributed by atoms with Crippen LogP contribution in [0.2, 0.25) is 0 Å². The van der Waals surface area contributed by atoms with Crippen LogP contribution in [0.3, 0.4) is 0 Å². The van der Waals surface area contributed by atoms with E-state index in [1.54, 1.807) is 6.20 Å². The summed E-state index contributed by atoms with van der Waals surface area (Å²) < 4.78 is 2.00. The summed E-state index contributed by atoms with van der Waals surface area (Å²) in [6.07, 6.45) is 4.83. The number of imidazole rings is 1. The van der Waals surface area contributed by atoms with Crippen molar-refractivity contribution in [1.29, 1.82) is 0 Å². The van der Waals surface area contributed by atoms with Gasteiger partial charge in [0, 0.05) is 18.4 Å². The molecule has 1 aliphatic rings. The van der Waals surface area contributed by atoms with E-state index in [1.807, 2.05) is 35.2 Å². The highest BCUT2D eigenvalue weighted by Crippen LogP contribution is 2.23. The van der Waals surface area contributed by atoms with Gasteiger partial charge in [0.25, 0.3) is 0 Å². The van der Waals surface area contributed by atoms with Crippen molar-refractivity contribution in [1.82, 2.24) is 24.8 Å². The van der Waals surface area contributed by atoms with Crippen molar-refractivity contribution in [3.05, 3.63) is 72.7 Å². The third-order valence-corrected chi connectivity index (χ3v) is 5.84. The molecule has 3 heterocycles. The lowest BCUT2D eigenvalue weighted by Gasteiger charge is -2.15. The van der Waals surface area contributed by atoms with E-state index in [0.29, 0.717) is 11.9 Å². The maximum atomic E-state index is 4.72. The summed E-state index contributed by atoms with van der Waals surface area (Å²) in [6.45, 7) is 5.31. The van der Waals surface area contributed by atoms with E-state index in [0.717, 1.165) is 42.2 Å². The van der Waals surface area contributed by atoms with Crippen molar-refractivity contribution in [2.75, 3.05) is 30.3 Å². The van der Waals surface area contributed by atoms with Crippen LogP contribution in [-0.4, -0.2) is 39.2 Å². The Labute approximate surface area is 182 Å². The normalized spacial score (nSPS) is 17.0. The monoisotopic (exact) mass is 413 g/mol. The van der Waals surface area contributed by atoms with E-state index in [2.05, 4.69) is 63.2 Å². The largest absolute Gasteiger partial charge is 0.385 e. The van der Waals surface area contributed by atoms with Gasteiger partial charge in [-0.25, -0.2) is 9.97 Å². The number of benzene rings is 2. The van der Waals surface area contributed by atoms with Crippen molar-refractivity contribution in [2.24, 2.45) is 5.92 Å². The average molecular weight is 414 g/mol. The number of hydrogen-bond acceptors (Lipinski definition) is 6. The molecule has 4 aromatic rings. The Morgan fingerprint density at radius 2 is 2.03 bits per heavy atom. The number of anilines is 2. The Kier molecular flexibility index (Phi) is 5.50. The molecule has 31 heavy (non-hydrogen) atoms. The lowest BCUT2D eigenvalue weighted by Crippen LogP contribution is -2.17. The van der Waals surface area contributed by atoms with Crippen LogP contribution in [0.15, 0.2) is 67.1 Å². The maximum absolute atomic E-state index is 4.72. The third-order valence-electron chi connectivity index (χ3n) is 5.84. The molecule has 5 rings (SSSR count). The van der Waals surface area contributed by atoms with Crippen LogP contribution in [0.4, 0.5) is 11.6 Å². The van der Waals surface area contributed by atoms with Crippen LogP contribution in [0, 0.1) is 5.92 Å². The molecule has 158 valence electrons. The first-order valence-corrected chi connectivity index (χ1v) is 10.8. The molecular formula is C24H27N7. The zero-order valence-electron chi connectivity index (χ0n) is 17.6. The van der Waals surface area contributed by atoms with Crippen molar-refractivity contribution in [3.63, 3.8) is 0 Å². The molecule has 0 radical (unpaired) electrons. The van der Waals surface area contributed by atoms with Crippen LogP contribution in [0.1, 0.15) is 24.9 Å². The molecule has 0 spiro atoms. The van der Waals surface area contributed by atoms with E-state index in [4.69, 9.17) is 4.98 Å². The highest BCUT2D eigenvalue weighted by atomic mass is 15.2. The molecule has 3 N–H and O–H groups in total. The number of hydrogen-bond donors (Lipinski definition) is 3. The highest BCUT2D eigenvalue weighted by Gasteiger charge is 2.14. The minimum absolute atomic E-state index is 0.111. The fourth-order valence-corrected chi connectivity index (χ4v) is 4.03. The number of nitrogens with one attached hydrogen (secondary N) is 3. The zero-order valence-corrected chi connectivity index (χ0v) is 17.6. The Hall–Kier alpha value is -3.45. The third kappa shape index (κ3) is 4.36. The summed E-state index contributed by atoms with van der Waals surface area (Å²) in [6, 6.07) is 18.6. The number of rotatable bonds is 7. The first kappa shape index (κ1) is 19.5. The molecule has 1 saturated heterocycles. The standard InChI is InChI=1S/C24H27N7/c1-17(19-5-3-2-4-6-19)29-24-26-12-10-23(30-24)31-16-28-21-13-20(7-8-22(21)31)27-15-18-9-11-25-14-18/h2-8,10,12-13,16-18,25,27H,9,11,14-15H2,1H3,(H,26,29,30)/t17-,18?/m0/s1. The van der Waals surface area contributed by atoms with E-state index in [9.17, 15) is 0 Å². The smallest absolute Gasteiger partial charge is 0.225 e. The molecule has 7 heteroatoms. The number of fused-ring (bicyclic) bond motifs is 1. The van der Waals surface area contributed by atoms with Crippen molar-refractivity contribution in [3.8, 4) is 5.82 Å². The number of nitrogens with zero attached hydrogens (tertiary/aromatic N) is 4. The van der Waals surface area contributed by atoms with Crippen LogP contribution in [-0.2, 0) is 0 Å². The summed E-state index contributed by atoms with van der Waals surface area (Å²) in [4.78, 5) is 13.7. The second-order valence-corrected chi connectivity index (χ2v) is 8.07. The Balaban J connectivity index is 1.33. The summed E-state index contributed by atoms with van der Waals surface area (Å²) in [5.74, 6) is 2.08. The maximum Gasteiger partial charge on any atom is 0.225 e. The average Bonchev–Trinajstić information content (AvgIpc) is 3.48. The van der Waals surface area contributed by atoms with Gasteiger partial charge in [0.05, 0.1) is 17.1 Å². The quantitative estimate of drug-likeness (QED) is 0.425. The molecule has 7 nitrogen and oxygen atoms in total. The van der Waals surface area contributed by atoms with E-state index in [-0.39, 0.29) is 6.04 Å². The minimum Gasteiger partial charge on any atom is -0.385 e. The molecule has 0 aliphatic carbocycles. The second-order valence-electron chi connectivity index (χ2n) is 8.07. The SMILES string of the molecule is C[C@H](Nc1nccc(-n2cnc3cc(NCC4CCNC4)ccc32)n1)c1ccccc1. The second kappa shape index (κ2) is 8.73. The van der Waals surface area contributed by atoms with Gasteiger partial charge in [-0.15, -0.1) is 0 Å². The first-order valence-electron chi connectivity index (χ1n) is 10.8. The fourth-order valence-electron chi connectivity index (χ4n) is 4.03. The topological polar surface area (TPSA) is 79.7 Å². The van der Waals surface area contributed by atoms with Crippen LogP contribution in [0.25, 0.3) is 16.9 Å². The predicted molar refractivity (Wildman–Crippen MR) is 125 cm³/mol. The molecular weight excluding hydrogens is 386 g/mol.